The summed E-state index contributed by atoms with van der Waals surface area (Å²) < 4.78 is 41.9. The predicted molar refractivity (Wildman–Crippen MR) is 42.5 cm³/mol. The molecule has 1 aromatic rings. The smallest absolute Gasteiger partial charge is 0.266 e. The highest BCUT2D eigenvalue weighted by Gasteiger charge is 2.13. The van der Waals surface area contributed by atoms with Gasteiger partial charge in [0.05, 0.1) is 12.2 Å². The van der Waals surface area contributed by atoms with Crippen LogP contribution in [0.4, 0.5) is 13.2 Å². The Hall–Kier alpha value is -1.19. The molecule has 0 N–H and O–H groups in total. The summed E-state index contributed by atoms with van der Waals surface area (Å²) in [5.41, 5.74) is -0.594. The van der Waals surface area contributed by atoms with E-state index in [1.807, 2.05) is 0 Å². The van der Waals surface area contributed by atoms with E-state index in [1.54, 1.807) is 6.92 Å². The summed E-state index contributed by atoms with van der Waals surface area (Å²) in [4.78, 5) is 0. The van der Waals surface area contributed by atoms with E-state index in [2.05, 4.69) is 0 Å². The summed E-state index contributed by atoms with van der Waals surface area (Å²) >= 11 is 0. The molecule has 0 amide bonds. The SMILES string of the molecule is CCOc1ccc(C(F)F)c(F)c1. The summed E-state index contributed by atoms with van der Waals surface area (Å²) in [6.45, 7) is 2.12. The third-order valence-electron chi connectivity index (χ3n) is 1.52. The largest absolute Gasteiger partial charge is 0.494 e. The Morgan fingerprint density at radius 2 is 2.08 bits per heavy atom. The monoisotopic (exact) mass is 190 g/mol. The minimum Gasteiger partial charge on any atom is -0.494 e. The number of hydrogen-bond donors (Lipinski definition) is 0. The van der Waals surface area contributed by atoms with E-state index < -0.39 is 17.8 Å². The van der Waals surface area contributed by atoms with Crippen LogP contribution in [0.15, 0.2) is 18.2 Å². The molecule has 0 spiro atoms. The van der Waals surface area contributed by atoms with Crippen LogP contribution in [0.5, 0.6) is 5.75 Å². The molecule has 0 aliphatic heterocycles. The van der Waals surface area contributed by atoms with Crippen molar-refractivity contribution in [3.63, 3.8) is 0 Å². The van der Waals surface area contributed by atoms with Crippen molar-refractivity contribution in [3.8, 4) is 5.75 Å². The van der Waals surface area contributed by atoms with Gasteiger partial charge in [-0.3, -0.25) is 0 Å². The minimum atomic E-state index is -2.78. The molecule has 0 saturated carbocycles. The first-order valence-corrected chi connectivity index (χ1v) is 3.85. The molecule has 0 bridgehead atoms. The van der Waals surface area contributed by atoms with E-state index in [9.17, 15) is 13.2 Å². The molecule has 4 heteroatoms. The highest BCUT2D eigenvalue weighted by atomic mass is 19.3. The topological polar surface area (TPSA) is 9.23 Å². The first-order chi connectivity index (χ1) is 6.15. The lowest BCUT2D eigenvalue weighted by atomic mass is 10.2. The van der Waals surface area contributed by atoms with Crippen molar-refractivity contribution in [2.45, 2.75) is 13.3 Å². The zero-order valence-electron chi connectivity index (χ0n) is 7.06. The Balaban J connectivity index is 2.92. The van der Waals surface area contributed by atoms with Crippen molar-refractivity contribution < 1.29 is 17.9 Å². The summed E-state index contributed by atoms with van der Waals surface area (Å²) in [5, 5.41) is 0. The highest BCUT2D eigenvalue weighted by Crippen LogP contribution is 2.25. The zero-order chi connectivity index (χ0) is 9.84. The van der Waals surface area contributed by atoms with Crippen LogP contribution in [0, 0.1) is 5.82 Å². The number of alkyl halides is 2. The van der Waals surface area contributed by atoms with Crippen molar-refractivity contribution in [1.29, 1.82) is 0 Å². The van der Waals surface area contributed by atoms with Gasteiger partial charge in [-0.2, -0.15) is 0 Å². The second-order valence-electron chi connectivity index (χ2n) is 2.42. The van der Waals surface area contributed by atoms with E-state index in [4.69, 9.17) is 4.74 Å². The molecule has 0 saturated heterocycles. The van der Waals surface area contributed by atoms with E-state index in [0.717, 1.165) is 12.1 Å². The van der Waals surface area contributed by atoms with Gasteiger partial charge in [0, 0.05) is 6.07 Å². The van der Waals surface area contributed by atoms with Crippen LogP contribution in [-0.2, 0) is 0 Å². The Kier molecular flexibility index (Phi) is 3.17. The average Bonchev–Trinajstić information content (AvgIpc) is 2.04. The maximum atomic E-state index is 12.9. The standard InChI is InChI=1S/C9H9F3O/c1-2-13-6-3-4-7(9(11)12)8(10)5-6/h3-5,9H,2H2,1H3. The predicted octanol–water partition coefficient (Wildman–Crippen LogP) is 3.16. The fraction of sp³-hybridized carbons (Fsp3) is 0.333. The van der Waals surface area contributed by atoms with E-state index in [0.29, 0.717) is 6.61 Å². The maximum Gasteiger partial charge on any atom is 0.266 e. The van der Waals surface area contributed by atoms with E-state index in [1.165, 1.54) is 6.07 Å². The molecule has 0 aliphatic rings. The van der Waals surface area contributed by atoms with Crippen LogP contribution in [0.2, 0.25) is 0 Å². The van der Waals surface area contributed by atoms with Crippen LogP contribution in [-0.4, -0.2) is 6.61 Å². The van der Waals surface area contributed by atoms with Gasteiger partial charge >= 0.3 is 0 Å². The zero-order valence-corrected chi connectivity index (χ0v) is 7.06. The summed E-state index contributed by atoms with van der Waals surface area (Å²) in [5.74, 6) is -0.662. The minimum absolute atomic E-state index is 0.268. The first kappa shape index (κ1) is 9.89. The molecule has 0 aromatic heterocycles. The lowest BCUT2D eigenvalue weighted by molar-refractivity contribution is 0.146. The molecule has 0 heterocycles. The lowest BCUT2D eigenvalue weighted by Gasteiger charge is -2.05. The molecule has 1 nitrogen and oxygen atoms in total. The molecular weight excluding hydrogens is 181 g/mol. The molecular formula is C9H9F3O. The third kappa shape index (κ3) is 2.37. The van der Waals surface area contributed by atoms with E-state index in [-0.39, 0.29) is 5.75 Å². The molecule has 0 aliphatic carbocycles. The van der Waals surface area contributed by atoms with Crippen LogP contribution in [0.25, 0.3) is 0 Å². The second kappa shape index (κ2) is 4.16. The number of halogens is 3. The van der Waals surface area contributed by atoms with Gasteiger partial charge in [-0.05, 0) is 19.1 Å². The number of ether oxygens (including phenoxy) is 1. The number of hydrogen-bond acceptors (Lipinski definition) is 1. The normalized spacial score (nSPS) is 10.5. The highest BCUT2D eigenvalue weighted by molar-refractivity contribution is 5.29. The molecule has 1 aromatic carbocycles. The number of benzene rings is 1. The van der Waals surface area contributed by atoms with E-state index >= 15 is 0 Å². The van der Waals surface area contributed by atoms with Gasteiger partial charge < -0.3 is 4.74 Å². The van der Waals surface area contributed by atoms with Crippen molar-refractivity contribution in [1.82, 2.24) is 0 Å². The van der Waals surface area contributed by atoms with Crippen molar-refractivity contribution >= 4 is 0 Å². The van der Waals surface area contributed by atoms with Crippen molar-refractivity contribution in [2.75, 3.05) is 6.61 Å². The fourth-order valence-corrected chi connectivity index (χ4v) is 0.941. The van der Waals surface area contributed by atoms with Crippen LogP contribution < -0.4 is 4.74 Å². The Labute approximate surface area is 74.1 Å². The van der Waals surface area contributed by atoms with Crippen molar-refractivity contribution in [3.05, 3.63) is 29.6 Å². The fourth-order valence-electron chi connectivity index (χ4n) is 0.941. The molecule has 1 rings (SSSR count). The molecule has 0 unspecified atom stereocenters. The van der Waals surface area contributed by atoms with Crippen LogP contribution in [0.3, 0.4) is 0 Å². The van der Waals surface area contributed by atoms with Gasteiger partial charge in [0.25, 0.3) is 6.43 Å². The molecule has 0 fully saturated rings. The molecule has 0 atom stereocenters. The first-order valence-electron chi connectivity index (χ1n) is 3.85. The van der Waals surface area contributed by atoms with Gasteiger partial charge in [0.1, 0.15) is 11.6 Å². The lowest BCUT2D eigenvalue weighted by Crippen LogP contribution is -1.95. The summed E-state index contributed by atoms with van der Waals surface area (Å²) in [6, 6.07) is 3.32. The molecule has 0 radical (unpaired) electrons. The van der Waals surface area contributed by atoms with Gasteiger partial charge in [-0.25, -0.2) is 13.2 Å². The van der Waals surface area contributed by atoms with Gasteiger partial charge in [0.2, 0.25) is 0 Å². The van der Waals surface area contributed by atoms with Gasteiger partial charge in [0.15, 0.2) is 0 Å². The quantitative estimate of drug-likeness (QED) is 0.711. The number of rotatable bonds is 3. The van der Waals surface area contributed by atoms with Crippen LogP contribution >= 0.6 is 0 Å². The van der Waals surface area contributed by atoms with Crippen molar-refractivity contribution in [2.24, 2.45) is 0 Å². The second-order valence-corrected chi connectivity index (χ2v) is 2.42. The van der Waals surface area contributed by atoms with Gasteiger partial charge in [-0.1, -0.05) is 0 Å². The summed E-state index contributed by atoms with van der Waals surface area (Å²) in [6.07, 6.45) is -2.78. The Morgan fingerprint density at radius 1 is 1.38 bits per heavy atom. The third-order valence-corrected chi connectivity index (χ3v) is 1.52. The molecule has 13 heavy (non-hydrogen) atoms. The Bertz CT molecular complexity index is 286. The Morgan fingerprint density at radius 3 is 2.54 bits per heavy atom. The van der Waals surface area contributed by atoms with Crippen LogP contribution in [0.1, 0.15) is 18.9 Å². The average molecular weight is 190 g/mol. The summed E-state index contributed by atoms with van der Waals surface area (Å²) in [7, 11) is 0. The van der Waals surface area contributed by atoms with Gasteiger partial charge in [-0.15, -0.1) is 0 Å². The molecule has 72 valence electrons. The maximum absolute atomic E-state index is 12.9.